The lowest BCUT2D eigenvalue weighted by molar-refractivity contribution is -0.301. The van der Waals surface area contributed by atoms with Crippen LogP contribution in [0.4, 0.5) is 0 Å². The van der Waals surface area contributed by atoms with Crippen molar-refractivity contribution in [2.24, 2.45) is 0 Å². The van der Waals surface area contributed by atoms with Gasteiger partial charge >= 0.3 is 5.97 Å². The highest BCUT2D eigenvalue weighted by Crippen LogP contribution is 2.42. The second-order valence-corrected chi connectivity index (χ2v) is 23.1. The molecule has 0 bridgehead atoms. The lowest BCUT2D eigenvalue weighted by atomic mass is 9.84. The molecule has 1 aliphatic carbocycles. The van der Waals surface area contributed by atoms with Crippen molar-refractivity contribution in [3.63, 3.8) is 0 Å². The van der Waals surface area contributed by atoms with Gasteiger partial charge in [-0.15, -0.1) is 0 Å². The van der Waals surface area contributed by atoms with Gasteiger partial charge in [-0.05, 0) is 49.8 Å². The molecule has 12 heteroatoms. The number of carbonyl (C=O) groups excluding carboxylic acids is 1. The van der Waals surface area contributed by atoms with E-state index in [0.717, 1.165) is 32.6 Å². The predicted octanol–water partition coefficient (Wildman–Crippen LogP) is 10.4. The van der Waals surface area contributed by atoms with Crippen molar-refractivity contribution in [3.8, 4) is 0 Å². The van der Waals surface area contributed by atoms with E-state index < -0.39 is 55.9 Å². The number of esters is 1. The summed E-state index contributed by atoms with van der Waals surface area (Å²) >= 11 is 0. The molecule has 1 saturated carbocycles. The van der Waals surface area contributed by atoms with Crippen LogP contribution in [-0.2, 0) is 73.5 Å². The molecule has 0 aromatic heterocycles. The predicted molar refractivity (Wildman–Crippen MR) is 282 cm³/mol. The SMILES string of the molecule is CC(C)(C)[Si](OC1[C@H](OCOCc2ccccc2)[C@H](OCOCc2ccccc2)C(OC(=O)c2ccccc2)[C@H](OCOCc2ccccc2)[C@H]1OCOCc1ccccc1)(c1ccccc1)c1ccccc1. The smallest absolute Gasteiger partial charge is 0.338 e. The summed E-state index contributed by atoms with van der Waals surface area (Å²) in [7, 11) is -3.47. The number of benzene rings is 7. The lowest BCUT2D eigenvalue weighted by Gasteiger charge is -2.53. The minimum atomic E-state index is -3.47. The summed E-state index contributed by atoms with van der Waals surface area (Å²) in [6.07, 6.45) is -6.50. The third kappa shape index (κ3) is 14.6. The molecule has 380 valence electrons. The van der Waals surface area contributed by atoms with E-state index in [9.17, 15) is 4.79 Å². The Labute approximate surface area is 431 Å². The molecule has 0 saturated heterocycles. The first-order valence-corrected chi connectivity index (χ1v) is 26.7. The Morgan fingerprint density at radius 1 is 0.370 bits per heavy atom. The second kappa shape index (κ2) is 27.2. The highest BCUT2D eigenvalue weighted by Gasteiger charge is 2.61. The average Bonchev–Trinajstić information content (AvgIpc) is 3.43. The van der Waals surface area contributed by atoms with Gasteiger partial charge in [-0.1, -0.05) is 221 Å². The fourth-order valence-electron chi connectivity index (χ4n) is 9.25. The number of hydrogen-bond acceptors (Lipinski definition) is 11. The van der Waals surface area contributed by atoms with Crippen LogP contribution in [0.2, 0.25) is 5.04 Å². The van der Waals surface area contributed by atoms with E-state index in [1.54, 1.807) is 24.3 Å². The summed E-state index contributed by atoms with van der Waals surface area (Å²) in [5.41, 5.74) is 4.17. The van der Waals surface area contributed by atoms with Crippen LogP contribution in [0.25, 0.3) is 0 Å². The number of hydrogen-bond donors (Lipinski definition) is 0. The van der Waals surface area contributed by atoms with Crippen LogP contribution in [0.5, 0.6) is 0 Å². The van der Waals surface area contributed by atoms with Crippen LogP contribution in [0.1, 0.15) is 53.4 Å². The average molecular weight is 1000 g/mol. The summed E-state index contributed by atoms with van der Waals surface area (Å²) in [5.74, 6) is -0.604. The Morgan fingerprint density at radius 3 is 0.945 bits per heavy atom. The Kier molecular flexibility index (Phi) is 19.8. The number of rotatable bonds is 26. The topological polar surface area (TPSA) is 109 Å². The van der Waals surface area contributed by atoms with Crippen LogP contribution < -0.4 is 10.4 Å². The zero-order valence-electron chi connectivity index (χ0n) is 41.8. The molecule has 73 heavy (non-hydrogen) atoms. The van der Waals surface area contributed by atoms with Crippen LogP contribution in [0.3, 0.4) is 0 Å². The van der Waals surface area contributed by atoms with E-state index in [2.05, 4.69) is 45.0 Å². The quantitative estimate of drug-likeness (QED) is 0.0224. The molecule has 2 unspecified atom stereocenters. The fourth-order valence-corrected chi connectivity index (χ4v) is 13.9. The van der Waals surface area contributed by atoms with Crippen LogP contribution >= 0.6 is 0 Å². The van der Waals surface area contributed by atoms with Gasteiger partial charge in [0.1, 0.15) is 57.7 Å². The zero-order chi connectivity index (χ0) is 50.6. The van der Waals surface area contributed by atoms with Gasteiger partial charge in [0, 0.05) is 0 Å². The highest BCUT2D eigenvalue weighted by atomic mass is 28.4. The van der Waals surface area contributed by atoms with Crippen molar-refractivity contribution in [1.82, 2.24) is 0 Å². The normalized spacial score (nSPS) is 19.1. The van der Waals surface area contributed by atoms with Crippen molar-refractivity contribution in [1.29, 1.82) is 0 Å². The standard InChI is InChI=1S/C61H66O11Si/c1-61(2,3)73(52-35-21-9-22-36-52,53-37-23-10-24-38-53)72-59-56(69-45-65-41-49-29-15-6-16-30-49)54(67-43-63-39-47-25-11-4-12-26-47)58(71-60(62)51-33-19-8-20-34-51)55(68-44-64-40-48-27-13-5-14-28-48)57(59)70-46-66-42-50-31-17-7-18-32-50/h4-38,54-59H,39-46H2,1-3H3/t54-,55+,56-,57-,58?,59?/m1/s1. The number of ether oxygens (including phenoxy) is 9. The molecule has 0 radical (unpaired) electrons. The summed E-state index contributed by atoms with van der Waals surface area (Å²) in [6, 6.07) is 68.9. The zero-order valence-corrected chi connectivity index (χ0v) is 42.8. The van der Waals surface area contributed by atoms with Crippen molar-refractivity contribution in [2.45, 2.75) is 88.9 Å². The van der Waals surface area contributed by atoms with Gasteiger partial charge in [-0.2, -0.15) is 0 Å². The molecule has 6 atom stereocenters. The van der Waals surface area contributed by atoms with Gasteiger partial charge in [0.2, 0.25) is 0 Å². The fraction of sp³-hybridized carbons (Fsp3) is 0.295. The van der Waals surface area contributed by atoms with Crippen LogP contribution in [-0.4, -0.2) is 78.1 Å². The van der Waals surface area contributed by atoms with Gasteiger partial charge in [0.25, 0.3) is 8.32 Å². The maximum absolute atomic E-state index is 14.5. The first kappa shape index (κ1) is 53.2. The molecular weight excluding hydrogens is 937 g/mol. The summed E-state index contributed by atoms with van der Waals surface area (Å²) in [5, 5.41) is 1.55. The Bertz CT molecular complexity index is 2480. The largest absolute Gasteiger partial charge is 0.453 e. The van der Waals surface area contributed by atoms with Crippen molar-refractivity contribution in [3.05, 3.63) is 240 Å². The van der Waals surface area contributed by atoms with Crippen molar-refractivity contribution >= 4 is 24.7 Å². The van der Waals surface area contributed by atoms with Crippen LogP contribution in [0.15, 0.2) is 212 Å². The maximum atomic E-state index is 14.5. The summed E-state index contributed by atoms with van der Waals surface area (Å²) in [6.45, 7) is 6.88. The lowest BCUT2D eigenvalue weighted by Crippen LogP contribution is -2.74. The summed E-state index contributed by atoms with van der Waals surface area (Å²) in [4.78, 5) is 14.5. The molecular formula is C61H66O11Si. The van der Waals surface area contributed by atoms with Crippen molar-refractivity contribution in [2.75, 3.05) is 27.2 Å². The molecule has 7 aromatic rings. The molecule has 0 heterocycles. The van der Waals surface area contributed by atoms with Gasteiger partial charge in [0.15, 0.2) is 6.10 Å². The molecule has 1 aliphatic rings. The third-order valence-electron chi connectivity index (χ3n) is 12.7. The van der Waals surface area contributed by atoms with Crippen molar-refractivity contribution < 1.29 is 51.9 Å². The van der Waals surface area contributed by atoms with E-state index in [0.29, 0.717) is 5.56 Å². The molecule has 0 aliphatic heterocycles. The van der Waals surface area contributed by atoms with Gasteiger partial charge < -0.3 is 47.1 Å². The van der Waals surface area contributed by atoms with Crippen LogP contribution in [0, 0.1) is 0 Å². The first-order valence-electron chi connectivity index (χ1n) is 24.8. The third-order valence-corrected chi connectivity index (χ3v) is 17.8. The van der Waals surface area contributed by atoms with E-state index in [1.807, 2.05) is 164 Å². The van der Waals surface area contributed by atoms with E-state index in [-0.39, 0.29) is 53.6 Å². The highest BCUT2D eigenvalue weighted by molar-refractivity contribution is 6.99. The van der Waals surface area contributed by atoms with Gasteiger partial charge in [0.05, 0.1) is 32.0 Å². The van der Waals surface area contributed by atoms with E-state index >= 15 is 0 Å². The Hall–Kier alpha value is -6.13. The van der Waals surface area contributed by atoms with Gasteiger partial charge in [-0.25, -0.2) is 4.79 Å². The molecule has 0 amide bonds. The molecule has 7 aromatic carbocycles. The number of carbonyl (C=O) groups is 1. The minimum Gasteiger partial charge on any atom is -0.453 e. The van der Waals surface area contributed by atoms with E-state index in [1.165, 1.54) is 0 Å². The van der Waals surface area contributed by atoms with E-state index in [4.69, 9.17) is 47.1 Å². The van der Waals surface area contributed by atoms with Gasteiger partial charge in [-0.3, -0.25) is 0 Å². The molecule has 11 nitrogen and oxygen atoms in total. The second-order valence-electron chi connectivity index (χ2n) is 18.8. The Balaban J connectivity index is 1.26. The molecule has 0 spiro atoms. The monoisotopic (exact) mass is 1000 g/mol. The molecule has 1 fully saturated rings. The first-order chi connectivity index (χ1) is 35.8. The molecule has 8 rings (SSSR count). The Morgan fingerprint density at radius 2 is 0.644 bits per heavy atom. The minimum absolute atomic E-state index is 0.187. The summed E-state index contributed by atoms with van der Waals surface area (Å²) < 4.78 is 67.8. The molecule has 0 N–H and O–H groups in total. The maximum Gasteiger partial charge on any atom is 0.338 e.